The highest BCUT2D eigenvalue weighted by Crippen LogP contribution is 2.21. The van der Waals surface area contributed by atoms with Crippen LogP contribution in [0.5, 0.6) is 0 Å². The van der Waals surface area contributed by atoms with E-state index in [0.29, 0.717) is 28.5 Å². The Morgan fingerprint density at radius 2 is 1.90 bits per heavy atom. The maximum atomic E-state index is 12.1. The predicted molar refractivity (Wildman–Crippen MR) is 84.0 cm³/mol. The number of carboxylic acids is 1. The Labute approximate surface area is 134 Å². The largest absolute Gasteiger partial charge is 0.481 e. The third-order valence-corrected chi connectivity index (χ3v) is 3.80. The standard InChI is InChI=1S/C15H19Cl2NO3/c1-9(15(20)21)4-3-5-10(2)18-14(19)12-7-6-11(16)8-13(12)17/h6-10H,3-5H2,1-2H3,(H,18,19)(H,20,21). The fourth-order valence-electron chi connectivity index (χ4n) is 1.90. The Balaban J connectivity index is 2.45. The summed E-state index contributed by atoms with van der Waals surface area (Å²) in [5, 5.41) is 12.4. The van der Waals surface area contributed by atoms with Gasteiger partial charge < -0.3 is 10.4 Å². The number of hydrogen-bond donors (Lipinski definition) is 2. The highest BCUT2D eigenvalue weighted by molar-refractivity contribution is 6.36. The van der Waals surface area contributed by atoms with Crippen molar-refractivity contribution in [2.75, 3.05) is 0 Å². The van der Waals surface area contributed by atoms with Crippen molar-refractivity contribution in [3.8, 4) is 0 Å². The van der Waals surface area contributed by atoms with Crippen molar-refractivity contribution in [2.45, 2.75) is 39.2 Å². The lowest BCUT2D eigenvalue weighted by molar-refractivity contribution is -0.141. The number of carbonyl (C=O) groups excluding carboxylic acids is 1. The summed E-state index contributed by atoms with van der Waals surface area (Å²) >= 11 is 11.8. The number of benzene rings is 1. The molecule has 0 heterocycles. The average molecular weight is 332 g/mol. The zero-order valence-electron chi connectivity index (χ0n) is 12.0. The van der Waals surface area contributed by atoms with E-state index in [1.54, 1.807) is 19.1 Å². The first-order chi connectivity index (χ1) is 9.81. The molecule has 0 fully saturated rings. The summed E-state index contributed by atoms with van der Waals surface area (Å²) in [7, 11) is 0. The van der Waals surface area contributed by atoms with Crippen molar-refractivity contribution in [1.82, 2.24) is 5.32 Å². The van der Waals surface area contributed by atoms with E-state index >= 15 is 0 Å². The van der Waals surface area contributed by atoms with Crippen LogP contribution in [0.25, 0.3) is 0 Å². The molecule has 0 aromatic heterocycles. The van der Waals surface area contributed by atoms with Crippen molar-refractivity contribution in [1.29, 1.82) is 0 Å². The molecule has 2 N–H and O–H groups in total. The van der Waals surface area contributed by atoms with E-state index in [0.717, 1.165) is 6.42 Å². The molecular weight excluding hydrogens is 313 g/mol. The molecule has 21 heavy (non-hydrogen) atoms. The first-order valence-electron chi connectivity index (χ1n) is 6.80. The van der Waals surface area contributed by atoms with E-state index in [9.17, 15) is 9.59 Å². The van der Waals surface area contributed by atoms with Gasteiger partial charge in [0.1, 0.15) is 0 Å². The zero-order chi connectivity index (χ0) is 16.0. The maximum absolute atomic E-state index is 12.1. The van der Waals surface area contributed by atoms with Crippen LogP contribution < -0.4 is 5.32 Å². The lowest BCUT2D eigenvalue weighted by Crippen LogP contribution is -2.32. The molecule has 6 heteroatoms. The van der Waals surface area contributed by atoms with Crippen LogP contribution in [0.2, 0.25) is 10.0 Å². The number of halogens is 2. The summed E-state index contributed by atoms with van der Waals surface area (Å²) in [6.45, 7) is 3.56. The Morgan fingerprint density at radius 3 is 2.48 bits per heavy atom. The van der Waals surface area contributed by atoms with Gasteiger partial charge in [0.25, 0.3) is 5.91 Å². The van der Waals surface area contributed by atoms with Crippen LogP contribution in [-0.2, 0) is 4.79 Å². The lowest BCUT2D eigenvalue weighted by Gasteiger charge is -2.15. The first kappa shape index (κ1) is 17.8. The second-order valence-electron chi connectivity index (χ2n) is 5.17. The van der Waals surface area contributed by atoms with E-state index in [1.807, 2.05) is 6.92 Å². The predicted octanol–water partition coefficient (Wildman–Crippen LogP) is 4.00. The number of aliphatic carboxylic acids is 1. The van der Waals surface area contributed by atoms with E-state index in [2.05, 4.69) is 5.32 Å². The monoisotopic (exact) mass is 331 g/mol. The smallest absolute Gasteiger partial charge is 0.306 e. The van der Waals surface area contributed by atoms with Gasteiger partial charge >= 0.3 is 5.97 Å². The van der Waals surface area contributed by atoms with Gasteiger partial charge in [-0.15, -0.1) is 0 Å². The second-order valence-corrected chi connectivity index (χ2v) is 6.01. The van der Waals surface area contributed by atoms with Crippen LogP contribution in [0, 0.1) is 5.92 Å². The van der Waals surface area contributed by atoms with Gasteiger partial charge in [-0.05, 0) is 38.0 Å². The fourth-order valence-corrected chi connectivity index (χ4v) is 2.40. The summed E-state index contributed by atoms with van der Waals surface area (Å²) in [5.41, 5.74) is 0.381. The van der Waals surface area contributed by atoms with Crippen LogP contribution >= 0.6 is 23.2 Å². The quantitative estimate of drug-likeness (QED) is 0.793. The first-order valence-corrected chi connectivity index (χ1v) is 7.55. The highest BCUT2D eigenvalue weighted by atomic mass is 35.5. The van der Waals surface area contributed by atoms with Crippen LogP contribution in [0.4, 0.5) is 0 Å². The van der Waals surface area contributed by atoms with Gasteiger partial charge in [-0.2, -0.15) is 0 Å². The molecule has 1 aromatic rings. The van der Waals surface area contributed by atoms with Crippen LogP contribution in [0.15, 0.2) is 18.2 Å². The molecule has 116 valence electrons. The molecule has 0 radical (unpaired) electrons. The van der Waals surface area contributed by atoms with Gasteiger partial charge in [-0.1, -0.05) is 36.5 Å². The summed E-state index contributed by atoms with van der Waals surface area (Å²) in [4.78, 5) is 22.8. The molecule has 0 saturated carbocycles. The number of hydrogen-bond acceptors (Lipinski definition) is 2. The number of carboxylic acid groups (broad SMARTS) is 1. The normalized spacial score (nSPS) is 13.5. The van der Waals surface area contributed by atoms with Gasteiger partial charge in [0.05, 0.1) is 16.5 Å². The molecule has 0 saturated heterocycles. The topological polar surface area (TPSA) is 66.4 Å². The van der Waals surface area contributed by atoms with Crippen molar-refractivity contribution >= 4 is 35.1 Å². The van der Waals surface area contributed by atoms with Crippen LogP contribution in [0.1, 0.15) is 43.5 Å². The van der Waals surface area contributed by atoms with Crippen molar-refractivity contribution in [2.24, 2.45) is 5.92 Å². The third kappa shape index (κ3) is 5.94. The van der Waals surface area contributed by atoms with E-state index < -0.39 is 5.97 Å². The SMILES string of the molecule is CC(CCCC(C)C(=O)O)NC(=O)c1ccc(Cl)cc1Cl. The van der Waals surface area contributed by atoms with Gasteiger partial charge in [0, 0.05) is 11.1 Å². The van der Waals surface area contributed by atoms with E-state index in [1.165, 1.54) is 6.07 Å². The molecular formula is C15H19Cl2NO3. The minimum atomic E-state index is -0.792. The molecule has 1 aromatic carbocycles. The fraction of sp³-hybridized carbons (Fsp3) is 0.467. The Kier molecular flexibility index (Phi) is 6.99. The minimum absolute atomic E-state index is 0.0507. The molecule has 4 nitrogen and oxygen atoms in total. The molecule has 0 spiro atoms. The Hall–Kier alpha value is -1.26. The molecule has 0 aliphatic heterocycles. The van der Waals surface area contributed by atoms with Crippen molar-refractivity contribution in [3.63, 3.8) is 0 Å². The molecule has 1 rings (SSSR count). The highest BCUT2D eigenvalue weighted by Gasteiger charge is 2.15. The van der Waals surface area contributed by atoms with Gasteiger partial charge in [0.15, 0.2) is 0 Å². The summed E-state index contributed by atoms with van der Waals surface area (Å²) in [6, 6.07) is 4.67. The number of nitrogens with one attached hydrogen (secondary N) is 1. The Morgan fingerprint density at radius 1 is 1.24 bits per heavy atom. The third-order valence-electron chi connectivity index (χ3n) is 3.25. The summed E-state index contributed by atoms with van der Waals surface area (Å²) < 4.78 is 0. The van der Waals surface area contributed by atoms with Crippen molar-refractivity contribution < 1.29 is 14.7 Å². The average Bonchev–Trinajstić information content (AvgIpc) is 2.37. The Bertz CT molecular complexity index is 520. The van der Waals surface area contributed by atoms with Crippen LogP contribution in [-0.4, -0.2) is 23.0 Å². The lowest BCUT2D eigenvalue weighted by atomic mass is 10.0. The number of carbonyl (C=O) groups is 2. The molecule has 0 aliphatic rings. The second kappa shape index (κ2) is 8.25. The number of rotatable bonds is 7. The zero-order valence-corrected chi connectivity index (χ0v) is 13.5. The molecule has 1 amide bonds. The van der Waals surface area contributed by atoms with Gasteiger partial charge in [-0.25, -0.2) is 0 Å². The van der Waals surface area contributed by atoms with E-state index in [4.69, 9.17) is 28.3 Å². The molecule has 0 aliphatic carbocycles. The summed E-state index contributed by atoms with van der Waals surface area (Å²) in [6.07, 6.45) is 2.05. The summed E-state index contributed by atoms with van der Waals surface area (Å²) in [5.74, 6) is -1.41. The maximum Gasteiger partial charge on any atom is 0.306 e. The van der Waals surface area contributed by atoms with E-state index in [-0.39, 0.29) is 17.9 Å². The van der Waals surface area contributed by atoms with Crippen LogP contribution in [0.3, 0.4) is 0 Å². The molecule has 0 bridgehead atoms. The van der Waals surface area contributed by atoms with Gasteiger partial charge in [0.2, 0.25) is 0 Å². The van der Waals surface area contributed by atoms with Gasteiger partial charge in [-0.3, -0.25) is 9.59 Å². The number of amides is 1. The van der Waals surface area contributed by atoms with Crippen molar-refractivity contribution in [3.05, 3.63) is 33.8 Å². The molecule has 2 atom stereocenters. The minimum Gasteiger partial charge on any atom is -0.481 e. The molecule has 2 unspecified atom stereocenters.